The molecule has 0 aliphatic rings. The molecule has 0 saturated heterocycles. The van der Waals surface area contributed by atoms with Gasteiger partial charge in [-0.1, -0.05) is 30.3 Å². The molecule has 1 amide bonds. The molecule has 0 aliphatic carbocycles. The van der Waals surface area contributed by atoms with Crippen molar-refractivity contribution in [3.63, 3.8) is 0 Å². The Morgan fingerprint density at radius 2 is 1.77 bits per heavy atom. The van der Waals surface area contributed by atoms with Gasteiger partial charge >= 0.3 is 0 Å². The van der Waals surface area contributed by atoms with Gasteiger partial charge in [-0.25, -0.2) is 4.68 Å². The summed E-state index contributed by atoms with van der Waals surface area (Å²) in [5, 5.41) is 11.8. The van der Waals surface area contributed by atoms with Crippen LogP contribution in [0.4, 0.5) is 0 Å². The summed E-state index contributed by atoms with van der Waals surface area (Å²) in [5.41, 5.74) is 3.71. The van der Waals surface area contributed by atoms with Gasteiger partial charge in [-0.15, -0.1) is 0 Å². The van der Waals surface area contributed by atoms with Crippen LogP contribution in [-0.2, 0) is 38.0 Å². The molecule has 0 saturated carbocycles. The lowest BCUT2D eigenvalue weighted by atomic mass is 10.1. The minimum atomic E-state index is -0.253. The number of carbonyl (C=O) groups excluding carboxylic acids is 1. The highest BCUT2D eigenvalue weighted by Crippen LogP contribution is 2.14. The van der Waals surface area contributed by atoms with E-state index < -0.39 is 0 Å². The third-order valence-corrected chi connectivity index (χ3v) is 5.51. The molecule has 1 aromatic carbocycles. The quantitative estimate of drug-likeness (QED) is 0.375. The highest BCUT2D eigenvalue weighted by Gasteiger charge is 2.17. The van der Waals surface area contributed by atoms with E-state index in [1.807, 2.05) is 30.3 Å². The average molecular weight is 477 g/mol. The van der Waals surface area contributed by atoms with Crippen LogP contribution in [0.15, 0.2) is 65.7 Å². The first-order chi connectivity index (χ1) is 17.0. The number of ether oxygens (including phenoxy) is 2. The van der Waals surface area contributed by atoms with Gasteiger partial charge in [0.05, 0.1) is 44.6 Å². The monoisotopic (exact) mass is 476 g/mol. The molecule has 10 heteroatoms. The Morgan fingerprint density at radius 1 is 1.03 bits per heavy atom. The van der Waals surface area contributed by atoms with Crippen molar-refractivity contribution in [1.82, 2.24) is 29.4 Å². The molecule has 182 valence electrons. The highest BCUT2D eigenvalue weighted by atomic mass is 16.5. The van der Waals surface area contributed by atoms with Crippen molar-refractivity contribution in [3.8, 4) is 5.88 Å². The molecule has 0 radical (unpaired) electrons. The number of amides is 1. The van der Waals surface area contributed by atoms with E-state index in [0.29, 0.717) is 35.9 Å². The van der Waals surface area contributed by atoms with Crippen molar-refractivity contribution in [2.45, 2.75) is 26.2 Å². The Morgan fingerprint density at radius 3 is 2.43 bits per heavy atom. The van der Waals surface area contributed by atoms with E-state index >= 15 is 0 Å². The van der Waals surface area contributed by atoms with Crippen molar-refractivity contribution in [2.24, 2.45) is 7.05 Å². The van der Waals surface area contributed by atoms with Crippen LogP contribution in [0.25, 0.3) is 0 Å². The predicted molar refractivity (Wildman–Crippen MR) is 129 cm³/mol. The van der Waals surface area contributed by atoms with E-state index in [-0.39, 0.29) is 24.6 Å². The second kappa shape index (κ2) is 10.8. The maximum absolute atomic E-state index is 12.9. The minimum Gasteiger partial charge on any atom is -0.481 e. The van der Waals surface area contributed by atoms with Crippen molar-refractivity contribution in [3.05, 3.63) is 99.4 Å². The number of carbonyl (C=O) groups is 1. The Kier molecular flexibility index (Phi) is 7.41. The second-order valence-electron chi connectivity index (χ2n) is 8.09. The van der Waals surface area contributed by atoms with Gasteiger partial charge in [-0.05, 0) is 17.2 Å². The first-order valence-electron chi connectivity index (χ1n) is 11.1. The average Bonchev–Trinajstić information content (AvgIpc) is 3.42. The van der Waals surface area contributed by atoms with Gasteiger partial charge < -0.3 is 19.4 Å². The van der Waals surface area contributed by atoms with Gasteiger partial charge in [-0.3, -0.25) is 14.3 Å². The van der Waals surface area contributed by atoms with Gasteiger partial charge in [0.25, 0.3) is 11.5 Å². The maximum Gasteiger partial charge on any atom is 0.255 e. The fraction of sp³-hybridized carbons (Fsp3) is 0.280. The number of aromatic nitrogens is 5. The molecule has 0 spiro atoms. The zero-order chi connectivity index (χ0) is 24.8. The molecule has 0 bridgehead atoms. The molecule has 4 aromatic rings. The molecule has 0 unspecified atom stereocenters. The molecule has 0 atom stereocenters. The summed E-state index contributed by atoms with van der Waals surface area (Å²) < 4.78 is 15.5. The van der Waals surface area contributed by atoms with Gasteiger partial charge in [0.2, 0.25) is 5.88 Å². The topological polar surface area (TPSA) is 105 Å². The van der Waals surface area contributed by atoms with Crippen LogP contribution in [-0.4, -0.2) is 44.3 Å². The molecule has 0 aliphatic heterocycles. The number of hydrogen-bond acceptors (Lipinski definition) is 6. The van der Waals surface area contributed by atoms with Crippen molar-refractivity contribution < 1.29 is 14.3 Å². The van der Waals surface area contributed by atoms with Crippen LogP contribution in [0.2, 0.25) is 0 Å². The lowest BCUT2D eigenvalue weighted by molar-refractivity contribution is 0.0945. The molecule has 35 heavy (non-hydrogen) atoms. The van der Waals surface area contributed by atoms with Gasteiger partial charge in [-0.2, -0.15) is 10.2 Å². The molecule has 3 aromatic heterocycles. The third-order valence-electron chi connectivity index (χ3n) is 5.51. The SMILES string of the molecule is COCc1nn(Cc2ccc(Cn3ccccc3=O)cc2)cc1C(=O)NCc1cc(OC)n(C)n1. The van der Waals surface area contributed by atoms with Crippen LogP contribution in [0.3, 0.4) is 0 Å². The number of aryl methyl sites for hydroxylation is 1. The fourth-order valence-corrected chi connectivity index (χ4v) is 3.75. The van der Waals surface area contributed by atoms with Crippen LogP contribution in [0, 0.1) is 0 Å². The van der Waals surface area contributed by atoms with Crippen molar-refractivity contribution >= 4 is 5.91 Å². The zero-order valence-electron chi connectivity index (χ0n) is 20.0. The highest BCUT2D eigenvalue weighted by molar-refractivity contribution is 5.95. The smallest absolute Gasteiger partial charge is 0.255 e. The Hall–Kier alpha value is -4.18. The zero-order valence-corrected chi connectivity index (χ0v) is 20.0. The van der Waals surface area contributed by atoms with E-state index in [1.54, 1.807) is 65.8 Å². The molecular weight excluding hydrogens is 448 g/mol. The van der Waals surface area contributed by atoms with E-state index in [9.17, 15) is 9.59 Å². The number of benzene rings is 1. The van der Waals surface area contributed by atoms with Crippen LogP contribution < -0.4 is 15.6 Å². The molecular formula is C25H28N6O4. The summed E-state index contributed by atoms with van der Waals surface area (Å²) in [7, 11) is 4.92. The Balaban J connectivity index is 1.43. The van der Waals surface area contributed by atoms with E-state index in [2.05, 4.69) is 15.5 Å². The van der Waals surface area contributed by atoms with Crippen LogP contribution in [0.1, 0.15) is 32.9 Å². The largest absolute Gasteiger partial charge is 0.481 e. The minimum absolute atomic E-state index is 0.0354. The summed E-state index contributed by atoms with van der Waals surface area (Å²) in [6, 6.07) is 14.9. The summed E-state index contributed by atoms with van der Waals surface area (Å²) in [6.45, 7) is 1.48. The van der Waals surface area contributed by atoms with E-state index in [4.69, 9.17) is 9.47 Å². The fourth-order valence-electron chi connectivity index (χ4n) is 3.75. The van der Waals surface area contributed by atoms with Gasteiger partial charge in [0, 0.05) is 38.7 Å². The number of methoxy groups -OCH3 is 2. The third kappa shape index (κ3) is 5.85. The molecule has 10 nitrogen and oxygen atoms in total. The lowest BCUT2D eigenvalue weighted by Crippen LogP contribution is -2.24. The molecule has 3 heterocycles. The second-order valence-corrected chi connectivity index (χ2v) is 8.09. The number of rotatable bonds is 10. The van der Waals surface area contributed by atoms with Gasteiger partial charge in [0.1, 0.15) is 5.69 Å². The van der Waals surface area contributed by atoms with Crippen LogP contribution in [0.5, 0.6) is 5.88 Å². The van der Waals surface area contributed by atoms with Crippen molar-refractivity contribution in [2.75, 3.05) is 14.2 Å². The van der Waals surface area contributed by atoms with E-state index in [1.165, 1.54) is 0 Å². The molecule has 4 rings (SSSR count). The predicted octanol–water partition coefficient (Wildman–Crippen LogP) is 1.96. The summed E-state index contributed by atoms with van der Waals surface area (Å²) in [4.78, 5) is 24.8. The number of hydrogen-bond donors (Lipinski definition) is 1. The number of nitrogens with one attached hydrogen (secondary N) is 1. The summed E-state index contributed by atoms with van der Waals surface area (Å²) in [5.74, 6) is 0.362. The number of nitrogens with zero attached hydrogens (tertiary/aromatic N) is 5. The van der Waals surface area contributed by atoms with Gasteiger partial charge in [0.15, 0.2) is 0 Å². The summed E-state index contributed by atoms with van der Waals surface area (Å²) in [6.07, 6.45) is 3.49. The Labute approximate surface area is 202 Å². The Bertz CT molecular complexity index is 1350. The van der Waals surface area contributed by atoms with Crippen LogP contribution >= 0.6 is 0 Å². The maximum atomic E-state index is 12.9. The lowest BCUT2D eigenvalue weighted by Gasteiger charge is -2.07. The van der Waals surface area contributed by atoms with Crippen molar-refractivity contribution in [1.29, 1.82) is 0 Å². The van der Waals surface area contributed by atoms with E-state index in [0.717, 1.165) is 11.1 Å². The first kappa shape index (κ1) is 24.0. The molecule has 1 N–H and O–H groups in total. The standard InChI is InChI=1S/C25H28N6O4/c1-29-24(35-3)12-20(27-29)13-26-25(33)21-16-31(28-22(21)17-34-2)15-19-9-7-18(8-10-19)14-30-11-5-4-6-23(30)32/h4-12,16H,13-15,17H2,1-3H3,(H,26,33). The summed E-state index contributed by atoms with van der Waals surface area (Å²) >= 11 is 0. The first-order valence-corrected chi connectivity index (χ1v) is 11.1. The normalized spacial score (nSPS) is 10.9. The number of pyridine rings is 1. The molecule has 0 fully saturated rings.